The van der Waals surface area contributed by atoms with Crippen LogP contribution in [-0.4, -0.2) is 59.4 Å². The van der Waals surface area contributed by atoms with Crippen LogP contribution < -0.4 is 5.32 Å². The van der Waals surface area contributed by atoms with Gasteiger partial charge >= 0.3 is 0 Å². The van der Waals surface area contributed by atoms with Crippen molar-refractivity contribution in [3.8, 4) is 0 Å². The molecule has 1 N–H and O–H groups in total. The van der Waals surface area contributed by atoms with Crippen molar-refractivity contribution in [1.82, 2.24) is 20.1 Å². The Labute approximate surface area is 181 Å². The number of hydrogen-bond donors (Lipinski definition) is 1. The summed E-state index contributed by atoms with van der Waals surface area (Å²) >= 11 is 7.74. The van der Waals surface area contributed by atoms with Crippen LogP contribution in [0.25, 0.3) is 0 Å². The number of carbonyl (C=O) groups is 1. The predicted molar refractivity (Wildman–Crippen MR) is 120 cm³/mol. The molecule has 0 aliphatic carbocycles. The average molecular weight is 434 g/mol. The van der Waals surface area contributed by atoms with Crippen molar-refractivity contribution >= 4 is 34.8 Å². The van der Waals surface area contributed by atoms with E-state index in [9.17, 15) is 4.79 Å². The Morgan fingerprint density at radius 3 is 2.66 bits per heavy atom. The van der Waals surface area contributed by atoms with Gasteiger partial charge in [-0.25, -0.2) is 9.98 Å². The van der Waals surface area contributed by atoms with Crippen LogP contribution in [0.3, 0.4) is 0 Å². The van der Waals surface area contributed by atoms with Crippen LogP contribution in [-0.2, 0) is 24.2 Å². The number of rotatable bonds is 6. The lowest BCUT2D eigenvalue weighted by Gasteiger charge is -2.36. The molecular formula is C21H28ClN5OS. The second-order valence-electron chi connectivity index (χ2n) is 6.92. The van der Waals surface area contributed by atoms with Gasteiger partial charge in [0.2, 0.25) is 5.91 Å². The Hall–Kier alpha value is -2.12. The van der Waals surface area contributed by atoms with Crippen LogP contribution in [0, 0.1) is 0 Å². The van der Waals surface area contributed by atoms with Gasteiger partial charge in [-0.05, 0) is 31.0 Å². The molecule has 1 aliphatic heterocycles. The van der Waals surface area contributed by atoms with Gasteiger partial charge in [-0.1, -0.05) is 30.7 Å². The highest BCUT2D eigenvalue weighted by Gasteiger charge is 2.23. The summed E-state index contributed by atoms with van der Waals surface area (Å²) in [7, 11) is 0. The van der Waals surface area contributed by atoms with E-state index >= 15 is 0 Å². The maximum atomic E-state index is 12.6. The van der Waals surface area contributed by atoms with Crippen LogP contribution in [0.15, 0.2) is 35.5 Å². The van der Waals surface area contributed by atoms with Crippen molar-refractivity contribution in [2.75, 3.05) is 32.7 Å². The molecule has 0 unspecified atom stereocenters. The molecule has 0 spiro atoms. The Morgan fingerprint density at radius 1 is 1.24 bits per heavy atom. The fourth-order valence-corrected chi connectivity index (χ4v) is 4.25. The number of thiazole rings is 1. The van der Waals surface area contributed by atoms with Crippen molar-refractivity contribution in [2.24, 2.45) is 4.99 Å². The molecule has 1 aromatic heterocycles. The molecule has 1 fully saturated rings. The lowest BCUT2D eigenvalue weighted by atomic mass is 10.1. The van der Waals surface area contributed by atoms with Gasteiger partial charge in [0.05, 0.1) is 13.0 Å². The number of aliphatic imine (C=N–C) groups is 1. The highest BCUT2D eigenvalue weighted by Crippen LogP contribution is 2.15. The quantitative estimate of drug-likeness (QED) is 0.561. The van der Waals surface area contributed by atoms with Gasteiger partial charge in [-0.2, -0.15) is 0 Å². The smallest absolute Gasteiger partial charge is 0.227 e. The number of halogens is 1. The van der Waals surface area contributed by atoms with Gasteiger partial charge in [0.1, 0.15) is 5.01 Å². The third kappa shape index (κ3) is 6.18. The van der Waals surface area contributed by atoms with E-state index < -0.39 is 0 Å². The minimum Gasteiger partial charge on any atom is -0.357 e. The number of piperazine rings is 1. The summed E-state index contributed by atoms with van der Waals surface area (Å²) in [5, 5.41) is 5.07. The number of hydrogen-bond acceptors (Lipinski definition) is 4. The molecule has 2 heterocycles. The van der Waals surface area contributed by atoms with Crippen molar-refractivity contribution in [2.45, 2.75) is 33.2 Å². The molecule has 1 saturated heterocycles. The van der Waals surface area contributed by atoms with Crippen LogP contribution in [0.4, 0.5) is 0 Å². The topological polar surface area (TPSA) is 60.8 Å². The van der Waals surface area contributed by atoms with Crippen molar-refractivity contribution in [1.29, 1.82) is 0 Å². The number of aromatic nitrogens is 1. The maximum absolute atomic E-state index is 12.6. The first-order valence-corrected chi connectivity index (χ1v) is 11.3. The third-order valence-corrected chi connectivity index (χ3v) is 6.19. The number of nitrogens with one attached hydrogen (secondary N) is 1. The molecule has 156 valence electrons. The Balaban J connectivity index is 1.55. The second kappa shape index (κ2) is 10.6. The zero-order chi connectivity index (χ0) is 20.6. The largest absolute Gasteiger partial charge is 0.357 e. The molecule has 3 rings (SSSR count). The average Bonchev–Trinajstić information content (AvgIpc) is 3.19. The standard InChI is InChI=1S/C21H28ClN5OS/c1-3-18-14-24-19(29-18)15-25-21(23-4-2)27-10-8-26(9-11-27)20(28)13-16-6-5-7-17(22)12-16/h5-7,12,14H,3-4,8-11,13,15H2,1-2H3,(H,23,25). The highest BCUT2D eigenvalue weighted by atomic mass is 35.5. The number of aryl methyl sites for hydroxylation is 1. The van der Waals surface area contributed by atoms with Crippen LogP contribution in [0.2, 0.25) is 5.02 Å². The monoisotopic (exact) mass is 433 g/mol. The van der Waals surface area contributed by atoms with E-state index in [0.29, 0.717) is 31.1 Å². The van der Waals surface area contributed by atoms with E-state index in [1.165, 1.54) is 4.88 Å². The number of amides is 1. The predicted octanol–water partition coefficient (Wildman–Crippen LogP) is 3.21. The van der Waals surface area contributed by atoms with Gasteiger partial charge in [0, 0.05) is 48.8 Å². The van der Waals surface area contributed by atoms with Gasteiger partial charge in [-0.15, -0.1) is 11.3 Å². The molecule has 0 radical (unpaired) electrons. The first kappa shape index (κ1) is 21.6. The Bertz CT molecular complexity index is 845. The first-order chi connectivity index (χ1) is 14.1. The number of benzene rings is 1. The van der Waals surface area contributed by atoms with Crippen LogP contribution in [0.1, 0.15) is 29.3 Å². The maximum Gasteiger partial charge on any atom is 0.227 e. The molecule has 2 aromatic rings. The minimum atomic E-state index is 0.142. The van der Waals surface area contributed by atoms with Crippen molar-refractivity contribution < 1.29 is 4.79 Å². The molecule has 0 atom stereocenters. The van der Waals surface area contributed by atoms with Crippen LogP contribution in [0.5, 0.6) is 0 Å². The zero-order valence-corrected chi connectivity index (χ0v) is 18.6. The summed E-state index contributed by atoms with van der Waals surface area (Å²) in [4.78, 5) is 27.3. The number of carbonyl (C=O) groups excluding carboxylic acids is 1. The van der Waals surface area contributed by atoms with E-state index in [-0.39, 0.29) is 5.91 Å². The summed E-state index contributed by atoms with van der Waals surface area (Å²) in [5.74, 6) is 1.03. The molecule has 1 amide bonds. The molecule has 0 saturated carbocycles. The van der Waals surface area contributed by atoms with Crippen LogP contribution >= 0.6 is 22.9 Å². The summed E-state index contributed by atoms with van der Waals surface area (Å²) in [5.41, 5.74) is 0.953. The molecule has 1 aromatic carbocycles. The van der Waals surface area contributed by atoms with Crippen molar-refractivity contribution in [3.05, 3.63) is 50.9 Å². The molecule has 0 bridgehead atoms. The molecule has 6 nitrogen and oxygen atoms in total. The van der Waals surface area contributed by atoms with Gasteiger partial charge in [-0.3, -0.25) is 4.79 Å². The molecule has 1 aliphatic rings. The lowest BCUT2D eigenvalue weighted by molar-refractivity contribution is -0.131. The molecule has 8 heteroatoms. The minimum absolute atomic E-state index is 0.142. The number of guanidine groups is 1. The Morgan fingerprint density at radius 2 is 2.00 bits per heavy atom. The lowest BCUT2D eigenvalue weighted by Crippen LogP contribution is -2.54. The highest BCUT2D eigenvalue weighted by molar-refractivity contribution is 7.11. The number of nitrogens with zero attached hydrogens (tertiary/aromatic N) is 4. The van der Waals surface area contributed by atoms with E-state index in [0.717, 1.165) is 42.6 Å². The van der Waals surface area contributed by atoms with Gasteiger partial charge in [0.25, 0.3) is 0 Å². The fraction of sp³-hybridized carbons (Fsp3) is 0.476. The summed E-state index contributed by atoms with van der Waals surface area (Å²) in [6, 6.07) is 7.51. The van der Waals surface area contributed by atoms with Gasteiger partial charge in [0.15, 0.2) is 5.96 Å². The van der Waals surface area contributed by atoms with Gasteiger partial charge < -0.3 is 15.1 Å². The summed E-state index contributed by atoms with van der Waals surface area (Å²) in [6.45, 7) is 8.53. The SMILES string of the molecule is CCNC(=NCc1ncc(CC)s1)N1CCN(C(=O)Cc2cccc(Cl)c2)CC1. The Kier molecular flexibility index (Phi) is 7.89. The zero-order valence-electron chi connectivity index (χ0n) is 17.0. The molecule has 29 heavy (non-hydrogen) atoms. The first-order valence-electron chi connectivity index (χ1n) is 10.1. The van der Waals surface area contributed by atoms with E-state index in [2.05, 4.69) is 29.0 Å². The summed E-state index contributed by atoms with van der Waals surface area (Å²) in [6.07, 6.45) is 3.33. The fourth-order valence-electron chi connectivity index (χ4n) is 3.25. The normalized spacial score (nSPS) is 14.9. The second-order valence-corrected chi connectivity index (χ2v) is 8.55. The third-order valence-electron chi connectivity index (χ3n) is 4.83. The van der Waals surface area contributed by atoms with E-state index in [4.69, 9.17) is 16.6 Å². The van der Waals surface area contributed by atoms with Crippen molar-refractivity contribution in [3.63, 3.8) is 0 Å². The summed E-state index contributed by atoms with van der Waals surface area (Å²) < 4.78 is 0. The van der Waals surface area contributed by atoms with E-state index in [1.54, 1.807) is 11.3 Å². The van der Waals surface area contributed by atoms with E-state index in [1.807, 2.05) is 35.4 Å². The molecular weight excluding hydrogens is 406 g/mol.